The predicted octanol–water partition coefficient (Wildman–Crippen LogP) is 3.62. The fourth-order valence-corrected chi connectivity index (χ4v) is 3.80. The molecule has 7 nitrogen and oxygen atoms in total. The molecule has 4 amide bonds. The Morgan fingerprint density at radius 3 is 2.25 bits per heavy atom. The Kier molecular flexibility index (Phi) is 6.18. The molecule has 0 bridgehead atoms. The lowest BCUT2D eigenvalue weighted by Crippen LogP contribution is -2.49. The van der Waals surface area contributed by atoms with Crippen LogP contribution in [-0.2, 0) is 11.3 Å². The van der Waals surface area contributed by atoms with Crippen molar-refractivity contribution < 1.29 is 23.2 Å². The highest BCUT2D eigenvalue weighted by Crippen LogP contribution is 2.28. The van der Waals surface area contributed by atoms with Crippen LogP contribution in [0.2, 0.25) is 0 Å². The van der Waals surface area contributed by atoms with Crippen molar-refractivity contribution in [1.82, 2.24) is 10.2 Å². The third-order valence-corrected chi connectivity index (χ3v) is 5.70. The first-order chi connectivity index (χ1) is 15.3. The van der Waals surface area contributed by atoms with Gasteiger partial charge in [-0.15, -0.1) is 0 Å². The van der Waals surface area contributed by atoms with E-state index in [4.69, 9.17) is 0 Å². The highest BCUT2D eigenvalue weighted by atomic mass is 19.3. The van der Waals surface area contributed by atoms with Gasteiger partial charge in [0, 0.05) is 62.4 Å². The summed E-state index contributed by atoms with van der Waals surface area (Å²) in [6.45, 7) is 1.61. The number of anilines is 2. The van der Waals surface area contributed by atoms with Crippen LogP contribution in [0.15, 0.2) is 48.5 Å². The first kappa shape index (κ1) is 21.9. The van der Waals surface area contributed by atoms with Gasteiger partial charge in [-0.05, 0) is 42.0 Å². The van der Waals surface area contributed by atoms with E-state index < -0.39 is 12.0 Å². The van der Waals surface area contributed by atoms with E-state index in [0.29, 0.717) is 43.1 Å². The van der Waals surface area contributed by atoms with Crippen molar-refractivity contribution in [1.29, 1.82) is 0 Å². The summed E-state index contributed by atoms with van der Waals surface area (Å²) in [5, 5.41) is 5.08. The minimum absolute atomic E-state index is 0.118. The van der Waals surface area contributed by atoms with E-state index in [0.717, 1.165) is 5.56 Å². The Morgan fingerprint density at radius 1 is 0.969 bits per heavy atom. The van der Waals surface area contributed by atoms with Gasteiger partial charge < -0.3 is 5.32 Å². The van der Waals surface area contributed by atoms with Crippen LogP contribution in [0.3, 0.4) is 0 Å². The maximum absolute atomic E-state index is 13.3. The average molecular weight is 442 g/mol. The minimum atomic E-state index is -2.56. The molecule has 2 aliphatic heterocycles. The van der Waals surface area contributed by atoms with E-state index in [1.807, 2.05) is 17.0 Å². The zero-order chi connectivity index (χ0) is 22.7. The summed E-state index contributed by atoms with van der Waals surface area (Å²) < 4.78 is 26.6. The Bertz CT molecular complexity index is 999. The Labute approximate surface area is 184 Å². The quantitative estimate of drug-likeness (QED) is 0.741. The number of benzene rings is 2. The molecule has 2 saturated heterocycles. The van der Waals surface area contributed by atoms with Crippen LogP contribution in [0.1, 0.15) is 35.2 Å². The molecule has 0 unspecified atom stereocenters. The zero-order valence-electron chi connectivity index (χ0n) is 17.4. The number of likely N-dealkylation sites (tertiary alicyclic amines) is 1. The molecule has 0 aromatic heterocycles. The van der Waals surface area contributed by atoms with Crippen molar-refractivity contribution >= 4 is 29.2 Å². The van der Waals surface area contributed by atoms with Gasteiger partial charge in [0.1, 0.15) is 0 Å². The number of amides is 4. The molecule has 0 saturated carbocycles. The number of piperidine rings is 1. The molecule has 0 atom stereocenters. The molecule has 2 aromatic rings. The normalized spacial score (nSPS) is 18.9. The van der Waals surface area contributed by atoms with Gasteiger partial charge in [-0.1, -0.05) is 12.1 Å². The molecule has 2 aliphatic rings. The second kappa shape index (κ2) is 9.04. The zero-order valence-corrected chi connectivity index (χ0v) is 17.4. The summed E-state index contributed by atoms with van der Waals surface area (Å²) in [7, 11) is 0. The summed E-state index contributed by atoms with van der Waals surface area (Å²) in [4.78, 5) is 39.2. The molecular weight excluding hydrogens is 418 g/mol. The molecular formula is C23H24F2N4O3. The van der Waals surface area contributed by atoms with Crippen molar-refractivity contribution in [3.63, 3.8) is 0 Å². The van der Waals surface area contributed by atoms with Crippen LogP contribution in [-0.4, -0.2) is 48.3 Å². The first-order valence-electron chi connectivity index (χ1n) is 10.5. The maximum Gasteiger partial charge on any atom is 0.328 e. The highest BCUT2D eigenvalue weighted by molar-refractivity contribution is 6.06. The maximum atomic E-state index is 13.3. The van der Waals surface area contributed by atoms with E-state index in [1.54, 1.807) is 36.4 Å². The Hall–Kier alpha value is -3.33. The monoisotopic (exact) mass is 442 g/mol. The lowest BCUT2D eigenvalue weighted by molar-refractivity contribution is -0.120. The molecule has 2 heterocycles. The van der Waals surface area contributed by atoms with Crippen molar-refractivity contribution in [2.45, 2.75) is 31.7 Å². The summed E-state index contributed by atoms with van der Waals surface area (Å²) >= 11 is 0. The lowest BCUT2D eigenvalue weighted by Gasteiger charge is -2.31. The number of halogens is 2. The smallest absolute Gasteiger partial charge is 0.322 e. The molecule has 9 heteroatoms. The first-order valence-corrected chi connectivity index (χ1v) is 10.5. The molecule has 32 heavy (non-hydrogen) atoms. The number of carbonyl (C=O) groups excluding carboxylic acids is 3. The lowest BCUT2D eigenvalue weighted by atomic mass is 10.1. The fraction of sp³-hybridized carbons (Fsp3) is 0.348. The molecule has 2 aromatic carbocycles. The van der Waals surface area contributed by atoms with Crippen LogP contribution in [0, 0.1) is 0 Å². The van der Waals surface area contributed by atoms with E-state index in [-0.39, 0.29) is 31.1 Å². The van der Waals surface area contributed by atoms with Gasteiger partial charge in [-0.3, -0.25) is 24.7 Å². The Balaban J connectivity index is 1.32. The summed E-state index contributed by atoms with van der Waals surface area (Å²) in [5.41, 5.74) is 2.66. The van der Waals surface area contributed by atoms with Crippen molar-refractivity contribution in [2.24, 2.45) is 0 Å². The molecule has 2 N–H and O–H groups in total. The van der Waals surface area contributed by atoms with Crippen LogP contribution >= 0.6 is 0 Å². The summed E-state index contributed by atoms with van der Waals surface area (Å²) in [5.74, 6) is -3.13. The van der Waals surface area contributed by atoms with Gasteiger partial charge in [-0.2, -0.15) is 0 Å². The van der Waals surface area contributed by atoms with E-state index in [9.17, 15) is 23.2 Å². The molecule has 0 radical (unpaired) electrons. The van der Waals surface area contributed by atoms with Crippen LogP contribution < -0.4 is 15.5 Å². The molecule has 168 valence electrons. The van der Waals surface area contributed by atoms with Gasteiger partial charge in [0.25, 0.3) is 11.8 Å². The SMILES string of the molecule is O=C1CCN(c2ccc(NC(=O)c3ccc(CN4CCC(F)(F)CC4)cc3)cc2)C(=O)N1. The molecule has 0 spiro atoms. The number of nitrogens with one attached hydrogen (secondary N) is 2. The van der Waals surface area contributed by atoms with Crippen LogP contribution in [0.4, 0.5) is 25.0 Å². The number of nitrogens with zero attached hydrogens (tertiary/aromatic N) is 2. The third-order valence-electron chi connectivity index (χ3n) is 5.70. The number of imide groups is 1. The standard InChI is InChI=1S/C23H24F2N4O3/c24-23(25)10-13-28(14-11-23)15-16-1-3-17(4-2-16)21(31)26-18-5-7-19(8-6-18)29-12-9-20(30)27-22(29)32/h1-8H,9-15H2,(H,26,31)(H,27,30,32). The summed E-state index contributed by atoms with van der Waals surface area (Å²) in [6.07, 6.45) is 0.00410. The molecule has 2 fully saturated rings. The molecule has 0 aliphatic carbocycles. The van der Waals surface area contributed by atoms with Crippen molar-refractivity contribution in [3.8, 4) is 0 Å². The number of carbonyl (C=O) groups is 3. The van der Waals surface area contributed by atoms with E-state index >= 15 is 0 Å². The summed E-state index contributed by atoms with van der Waals surface area (Å²) in [6, 6.07) is 13.4. The number of alkyl halides is 2. The third kappa shape index (κ3) is 5.28. The second-order valence-corrected chi connectivity index (χ2v) is 8.08. The Morgan fingerprint density at radius 2 is 1.62 bits per heavy atom. The van der Waals surface area contributed by atoms with Gasteiger partial charge in [0.2, 0.25) is 5.91 Å². The fourth-order valence-electron chi connectivity index (χ4n) is 3.80. The van der Waals surface area contributed by atoms with E-state index in [1.165, 1.54) is 4.90 Å². The van der Waals surface area contributed by atoms with Gasteiger partial charge in [0.05, 0.1) is 0 Å². The van der Waals surface area contributed by atoms with E-state index in [2.05, 4.69) is 10.6 Å². The van der Waals surface area contributed by atoms with Crippen LogP contribution in [0.25, 0.3) is 0 Å². The molecule has 4 rings (SSSR count). The number of urea groups is 1. The largest absolute Gasteiger partial charge is 0.328 e. The van der Waals surface area contributed by atoms with Gasteiger partial charge in [-0.25, -0.2) is 13.6 Å². The van der Waals surface area contributed by atoms with Crippen molar-refractivity contribution in [3.05, 3.63) is 59.7 Å². The predicted molar refractivity (Wildman–Crippen MR) is 116 cm³/mol. The van der Waals surface area contributed by atoms with Crippen LogP contribution in [0.5, 0.6) is 0 Å². The number of hydrogen-bond donors (Lipinski definition) is 2. The highest BCUT2D eigenvalue weighted by Gasteiger charge is 2.33. The van der Waals surface area contributed by atoms with Gasteiger partial charge in [0.15, 0.2) is 0 Å². The topological polar surface area (TPSA) is 81.8 Å². The second-order valence-electron chi connectivity index (χ2n) is 8.08. The number of hydrogen-bond acceptors (Lipinski definition) is 4. The average Bonchev–Trinajstić information content (AvgIpc) is 2.76. The number of rotatable bonds is 5. The minimum Gasteiger partial charge on any atom is -0.322 e. The van der Waals surface area contributed by atoms with Crippen molar-refractivity contribution in [2.75, 3.05) is 29.9 Å². The van der Waals surface area contributed by atoms with Gasteiger partial charge >= 0.3 is 6.03 Å².